The minimum atomic E-state index is -0.688. The molecule has 0 aliphatic carbocycles. The Bertz CT molecular complexity index is 1200. The first-order valence-electron chi connectivity index (χ1n) is 10.3. The highest BCUT2D eigenvalue weighted by molar-refractivity contribution is 6.04. The number of aromatic amines is 1. The molecule has 1 aromatic carbocycles. The number of benzene rings is 1. The highest BCUT2D eigenvalue weighted by Crippen LogP contribution is 2.30. The lowest BCUT2D eigenvalue weighted by atomic mass is 10.1. The first-order chi connectivity index (χ1) is 15.6. The largest absolute Gasteiger partial charge is 0.493 e. The van der Waals surface area contributed by atoms with Crippen LogP contribution in [0.15, 0.2) is 22.7 Å². The van der Waals surface area contributed by atoms with Crippen LogP contribution in [0.2, 0.25) is 0 Å². The molecule has 0 radical (unpaired) electrons. The Hall–Kier alpha value is -3.88. The van der Waals surface area contributed by atoms with Gasteiger partial charge in [-0.1, -0.05) is 5.16 Å². The molecule has 0 fully saturated rings. The molecule has 0 saturated heterocycles. The summed E-state index contributed by atoms with van der Waals surface area (Å²) in [6.45, 7) is 8.22. The van der Waals surface area contributed by atoms with E-state index in [-0.39, 0.29) is 23.6 Å². The molecule has 0 amide bonds. The number of methoxy groups -OCH3 is 1. The summed E-state index contributed by atoms with van der Waals surface area (Å²) in [6.07, 6.45) is 0. The van der Waals surface area contributed by atoms with E-state index in [1.54, 1.807) is 26.8 Å². The maximum absolute atomic E-state index is 12.5. The number of aryl methyl sites for hydroxylation is 3. The predicted molar refractivity (Wildman–Crippen MR) is 118 cm³/mol. The number of nitrogens with one attached hydrogen (secondary N) is 1. The molecule has 33 heavy (non-hydrogen) atoms. The SMILES string of the molecule is COc1cc(C(=O)OCC(=O)c2[nH]c(C)c(C(C)=O)c2C)ccc1OCc1c(C)noc1C. The van der Waals surface area contributed by atoms with E-state index in [0.29, 0.717) is 34.1 Å². The van der Waals surface area contributed by atoms with Crippen molar-refractivity contribution in [1.29, 1.82) is 0 Å². The average Bonchev–Trinajstić information content (AvgIpc) is 3.27. The van der Waals surface area contributed by atoms with Crippen molar-refractivity contribution in [2.24, 2.45) is 0 Å². The Kier molecular flexibility index (Phi) is 7.01. The van der Waals surface area contributed by atoms with Gasteiger partial charge in [-0.3, -0.25) is 9.59 Å². The Morgan fingerprint density at radius 3 is 2.39 bits per heavy atom. The number of ketones is 2. The first kappa shape index (κ1) is 23.8. The molecule has 2 heterocycles. The van der Waals surface area contributed by atoms with Crippen LogP contribution in [0.25, 0.3) is 0 Å². The first-order valence-corrected chi connectivity index (χ1v) is 10.3. The van der Waals surface area contributed by atoms with E-state index in [0.717, 1.165) is 11.3 Å². The van der Waals surface area contributed by atoms with Crippen LogP contribution < -0.4 is 9.47 Å². The minimum absolute atomic E-state index is 0.138. The van der Waals surface area contributed by atoms with Crippen LogP contribution in [0.1, 0.15) is 66.4 Å². The van der Waals surface area contributed by atoms with Gasteiger partial charge in [0.15, 0.2) is 23.9 Å². The standard InChI is InChI=1S/C24H26N2O7/c1-12-22(15(4)27)14(3)25-23(12)19(28)11-32-24(29)17-7-8-20(21(9-17)30-6)31-10-18-13(2)26-33-16(18)5/h7-9,25H,10-11H2,1-6H3. The van der Waals surface area contributed by atoms with Gasteiger partial charge < -0.3 is 23.7 Å². The van der Waals surface area contributed by atoms with Crippen molar-refractivity contribution in [1.82, 2.24) is 10.1 Å². The number of esters is 1. The lowest BCUT2D eigenvalue weighted by molar-refractivity contribution is 0.0473. The maximum atomic E-state index is 12.5. The van der Waals surface area contributed by atoms with Crippen molar-refractivity contribution < 1.29 is 33.1 Å². The second-order valence-corrected chi connectivity index (χ2v) is 7.64. The predicted octanol–water partition coefficient (Wildman–Crippen LogP) is 4.07. The van der Waals surface area contributed by atoms with Crippen LogP contribution in [0.4, 0.5) is 0 Å². The van der Waals surface area contributed by atoms with E-state index < -0.39 is 18.4 Å². The van der Waals surface area contributed by atoms with Crippen molar-refractivity contribution in [2.75, 3.05) is 13.7 Å². The monoisotopic (exact) mass is 454 g/mol. The molecule has 0 aliphatic heterocycles. The molecule has 0 saturated carbocycles. The van der Waals surface area contributed by atoms with Gasteiger partial charge in [-0.15, -0.1) is 0 Å². The minimum Gasteiger partial charge on any atom is -0.493 e. The van der Waals surface area contributed by atoms with E-state index in [1.807, 2.05) is 6.92 Å². The molecule has 174 valence electrons. The third kappa shape index (κ3) is 4.97. The molecular weight excluding hydrogens is 428 g/mol. The van der Waals surface area contributed by atoms with Crippen molar-refractivity contribution >= 4 is 17.5 Å². The number of carbonyl (C=O) groups excluding carboxylic acids is 3. The fraction of sp³-hybridized carbons (Fsp3) is 0.333. The number of rotatable bonds is 9. The third-order valence-corrected chi connectivity index (χ3v) is 5.36. The van der Waals surface area contributed by atoms with E-state index in [9.17, 15) is 14.4 Å². The van der Waals surface area contributed by atoms with E-state index >= 15 is 0 Å². The Balaban J connectivity index is 1.67. The Morgan fingerprint density at radius 1 is 1.09 bits per heavy atom. The highest BCUT2D eigenvalue weighted by Gasteiger charge is 2.21. The number of aromatic nitrogens is 2. The summed E-state index contributed by atoms with van der Waals surface area (Å²) in [6, 6.07) is 4.59. The molecule has 0 aliphatic rings. The van der Waals surface area contributed by atoms with E-state index in [2.05, 4.69) is 10.1 Å². The molecule has 0 atom stereocenters. The molecule has 0 spiro atoms. The lowest BCUT2D eigenvalue weighted by Gasteiger charge is -2.12. The summed E-state index contributed by atoms with van der Waals surface area (Å²) in [7, 11) is 1.46. The number of ether oxygens (including phenoxy) is 3. The zero-order valence-electron chi connectivity index (χ0n) is 19.5. The topological polar surface area (TPSA) is 121 Å². The summed E-state index contributed by atoms with van der Waals surface area (Å²) in [5.74, 6) is 0.179. The number of carbonyl (C=O) groups is 3. The second-order valence-electron chi connectivity index (χ2n) is 7.64. The summed E-state index contributed by atoms with van der Waals surface area (Å²) < 4.78 is 21.5. The average molecular weight is 454 g/mol. The van der Waals surface area contributed by atoms with Crippen LogP contribution in [-0.2, 0) is 11.3 Å². The third-order valence-electron chi connectivity index (χ3n) is 5.36. The highest BCUT2D eigenvalue weighted by atomic mass is 16.5. The lowest BCUT2D eigenvalue weighted by Crippen LogP contribution is -2.15. The molecule has 3 rings (SSSR count). The van der Waals surface area contributed by atoms with Crippen molar-refractivity contribution in [2.45, 2.75) is 41.2 Å². The molecular formula is C24H26N2O7. The number of hydrogen-bond acceptors (Lipinski definition) is 8. The molecule has 0 bridgehead atoms. The number of nitrogens with zero attached hydrogens (tertiary/aromatic N) is 1. The Labute approximate surface area is 191 Å². The molecule has 3 aromatic rings. The normalized spacial score (nSPS) is 10.7. The number of H-pyrrole nitrogens is 1. The molecule has 9 nitrogen and oxygen atoms in total. The van der Waals surface area contributed by atoms with Gasteiger partial charge in [0.05, 0.1) is 29.6 Å². The van der Waals surface area contributed by atoms with Gasteiger partial charge in [0, 0.05) is 11.3 Å². The summed E-state index contributed by atoms with van der Waals surface area (Å²) >= 11 is 0. The van der Waals surface area contributed by atoms with Gasteiger partial charge >= 0.3 is 5.97 Å². The van der Waals surface area contributed by atoms with E-state index in [1.165, 1.54) is 26.2 Å². The summed E-state index contributed by atoms with van der Waals surface area (Å²) in [5.41, 5.74) is 3.65. The molecule has 9 heteroatoms. The van der Waals surface area contributed by atoms with Crippen LogP contribution in [0, 0.1) is 27.7 Å². The quantitative estimate of drug-likeness (QED) is 0.379. The summed E-state index contributed by atoms with van der Waals surface area (Å²) in [4.78, 5) is 39.7. The van der Waals surface area contributed by atoms with Gasteiger partial charge in [0.25, 0.3) is 0 Å². The molecule has 1 N–H and O–H groups in total. The zero-order chi connectivity index (χ0) is 24.3. The van der Waals surface area contributed by atoms with Gasteiger partial charge in [-0.2, -0.15) is 0 Å². The Morgan fingerprint density at radius 2 is 1.82 bits per heavy atom. The van der Waals surface area contributed by atoms with Crippen molar-refractivity contribution in [3.05, 3.63) is 63.3 Å². The van der Waals surface area contributed by atoms with Gasteiger partial charge in [-0.25, -0.2) is 4.79 Å². The van der Waals surface area contributed by atoms with Gasteiger partial charge in [0.2, 0.25) is 5.78 Å². The summed E-state index contributed by atoms with van der Waals surface area (Å²) in [5, 5.41) is 3.89. The number of Topliss-reactive ketones (excluding diaryl/α,β-unsaturated/α-hetero) is 2. The fourth-order valence-corrected chi connectivity index (χ4v) is 3.62. The number of hydrogen-bond donors (Lipinski definition) is 1. The zero-order valence-corrected chi connectivity index (χ0v) is 19.5. The van der Waals surface area contributed by atoms with Crippen LogP contribution in [0.3, 0.4) is 0 Å². The smallest absolute Gasteiger partial charge is 0.338 e. The second kappa shape index (κ2) is 9.72. The maximum Gasteiger partial charge on any atom is 0.338 e. The molecule has 2 aromatic heterocycles. The van der Waals surface area contributed by atoms with Gasteiger partial charge in [-0.05, 0) is 58.4 Å². The van der Waals surface area contributed by atoms with Crippen molar-refractivity contribution in [3.8, 4) is 11.5 Å². The van der Waals surface area contributed by atoms with Gasteiger partial charge in [0.1, 0.15) is 12.4 Å². The van der Waals surface area contributed by atoms with Crippen LogP contribution in [0.5, 0.6) is 11.5 Å². The molecule has 0 unspecified atom stereocenters. The van der Waals surface area contributed by atoms with Crippen LogP contribution in [-0.4, -0.2) is 41.4 Å². The van der Waals surface area contributed by atoms with E-state index in [4.69, 9.17) is 18.7 Å². The van der Waals surface area contributed by atoms with Crippen molar-refractivity contribution in [3.63, 3.8) is 0 Å². The fourth-order valence-electron chi connectivity index (χ4n) is 3.62. The van der Waals surface area contributed by atoms with Crippen LogP contribution >= 0.6 is 0 Å².